The van der Waals surface area contributed by atoms with E-state index in [0.29, 0.717) is 12.2 Å². The molecule has 2 rings (SSSR count). The number of benzene rings is 1. The average Bonchev–Trinajstić information content (AvgIpc) is 2.66. The van der Waals surface area contributed by atoms with Crippen LogP contribution < -0.4 is 10.1 Å². The third-order valence-corrected chi connectivity index (χ3v) is 5.48. The normalized spacial score (nSPS) is 21.0. The van der Waals surface area contributed by atoms with Gasteiger partial charge in [-0.05, 0) is 70.8 Å². The maximum Gasteiger partial charge on any atom is 0.240 e. The van der Waals surface area contributed by atoms with E-state index in [1.54, 1.807) is 31.4 Å². The molecule has 1 N–H and O–H groups in total. The SMILES string of the molecule is CCN(CC(=O)Nc1ccc(OC)cc1)[C@H](C)C(=O)N1[C@H](C)CCC[C@@H]1C. The Morgan fingerprint density at radius 3 is 2.33 bits per heavy atom. The van der Waals surface area contributed by atoms with Gasteiger partial charge in [0.1, 0.15) is 5.75 Å². The molecule has 1 aliphatic rings. The van der Waals surface area contributed by atoms with E-state index in [1.807, 2.05) is 23.6 Å². The van der Waals surface area contributed by atoms with Crippen molar-refractivity contribution in [3.8, 4) is 5.75 Å². The Morgan fingerprint density at radius 1 is 1.22 bits per heavy atom. The monoisotopic (exact) mass is 375 g/mol. The molecular formula is C21H33N3O3. The van der Waals surface area contributed by atoms with Crippen LogP contribution in [0.2, 0.25) is 0 Å². The van der Waals surface area contributed by atoms with Gasteiger partial charge in [0.05, 0.1) is 19.7 Å². The first kappa shape index (κ1) is 21.2. The minimum absolute atomic E-state index is 0.119. The molecule has 0 spiro atoms. The number of likely N-dealkylation sites (N-methyl/N-ethyl adjacent to an activating group) is 1. The van der Waals surface area contributed by atoms with Gasteiger partial charge in [-0.3, -0.25) is 14.5 Å². The van der Waals surface area contributed by atoms with Crippen LogP contribution in [-0.4, -0.2) is 59.9 Å². The van der Waals surface area contributed by atoms with Crippen molar-refractivity contribution in [3.63, 3.8) is 0 Å². The van der Waals surface area contributed by atoms with Gasteiger partial charge in [-0.25, -0.2) is 0 Å². The van der Waals surface area contributed by atoms with Crippen molar-refractivity contribution < 1.29 is 14.3 Å². The minimum atomic E-state index is -0.320. The van der Waals surface area contributed by atoms with Gasteiger partial charge in [0, 0.05) is 17.8 Å². The van der Waals surface area contributed by atoms with E-state index in [9.17, 15) is 9.59 Å². The Balaban J connectivity index is 1.97. The van der Waals surface area contributed by atoms with Gasteiger partial charge >= 0.3 is 0 Å². The Kier molecular flexibility index (Phi) is 7.66. The number of piperidine rings is 1. The molecule has 27 heavy (non-hydrogen) atoms. The number of hydrogen-bond donors (Lipinski definition) is 1. The van der Waals surface area contributed by atoms with Crippen molar-refractivity contribution in [2.75, 3.05) is 25.5 Å². The summed E-state index contributed by atoms with van der Waals surface area (Å²) in [6.45, 7) is 8.94. The van der Waals surface area contributed by atoms with Gasteiger partial charge in [0.15, 0.2) is 0 Å². The van der Waals surface area contributed by atoms with E-state index in [2.05, 4.69) is 19.2 Å². The van der Waals surface area contributed by atoms with E-state index in [-0.39, 0.29) is 36.5 Å². The molecule has 0 saturated carbocycles. The summed E-state index contributed by atoms with van der Waals surface area (Å²) in [6, 6.07) is 7.42. The molecule has 1 fully saturated rings. The molecule has 1 aliphatic heterocycles. The smallest absolute Gasteiger partial charge is 0.240 e. The van der Waals surface area contributed by atoms with Crippen molar-refractivity contribution in [1.82, 2.24) is 9.80 Å². The lowest BCUT2D eigenvalue weighted by atomic mass is 9.96. The molecule has 0 bridgehead atoms. The number of ether oxygens (including phenoxy) is 1. The second-order valence-corrected chi connectivity index (χ2v) is 7.39. The molecule has 0 aliphatic carbocycles. The Labute approximate surface area is 162 Å². The third kappa shape index (κ3) is 5.45. The first-order valence-electron chi connectivity index (χ1n) is 9.87. The predicted molar refractivity (Wildman–Crippen MR) is 108 cm³/mol. The molecule has 150 valence electrons. The number of rotatable bonds is 7. The van der Waals surface area contributed by atoms with E-state index in [0.717, 1.165) is 18.6 Å². The highest BCUT2D eigenvalue weighted by molar-refractivity contribution is 5.93. The van der Waals surface area contributed by atoms with E-state index >= 15 is 0 Å². The largest absolute Gasteiger partial charge is 0.497 e. The molecular weight excluding hydrogens is 342 g/mol. The number of nitrogens with one attached hydrogen (secondary N) is 1. The van der Waals surface area contributed by atoms with Crippen molar-refractivity contribution in [3.05, 3.63) is 24.3 Å². The van der Waals surface area contributed by atoms with Crippen molar-refractivity contribution in [2.45, 2.75) is 65.1 Å². The fourth-order valence-electron chi connectivity index (χ4n) is 3.81. The van der Waals surface area contributed by atoms with Crippen molar-refractivity contribution in [2.24, 2.45) is 0 Å². The number of nitrogens with zero attached hydrogens (tertiary/aromatic N) is 2. The fourth-order valence-corrected chi connectivity index (χ4v) is 3.81. The van der Waals surface area contributed by atoms with Gasteiger partial charge in [-0.2, -0.15) is 0 Å². The Bertz CT molecular complexity index is 622. The van der Waals surface area contributed by atoms with Crippen LogP contribution in [0.25, 0.3) is 0 Å². The fraction of sp³-hybridized carbons (Fsp3) is 0.619. The van der Waals surface area contributed by atoms with Crippen LogP contribution in [0.3, 0.4) is 0 Å². The van der Waals surface area contributed by atoms with E-state index in [1.165, 1.54) is 6.42 Å². The number of methoxy groups -OCH3 is 1. The van der Waals surface area contributed by atoms with Crippen LogP contribution in [0.1, 0.15) is 47.0 Å². The zero-order chi connectivity index (χ0) is 20.0. The summed E-state index contributed by atoms with van der Waals surface area (Å²) in [5.41, 5.74) is 0.717. The molecule has 1 aromatic carbocycles. The number of anilines is 1. The maximum absolute atomic E-state index is 13.1. The Hall–Kier alpha value is -2.08. The molecule has 2 amide bonds. The van der Waals surface area contributed by atoms with Crippen LogP contribution in [0, 0.1) is 0 Å². The predicted octanol–water partition coefficient (Wildman–Crippen LogP) is 3.13. The second kappa shape index (κ2) is 9.74. The number of carbonyl (C=O) groups is 2. The Morgan fingerprint density at radius 2 is 1.81 bits per heavy atom. The molecule has 1 aromatic rings. The molecule has 6 heteroatoms. The maximum atomic E-state index is 13.1. The van der Waals surface area contributed by atoms with Crippen LogP contribution in [0.5, 0.6) is 5.75 Å². The lowest BCUT2D eigenvalue weighted by Gasteiger charge is -2.42. The summed E-state index contributed by atoms with van der Waals surface area (Å²) in [6.07, 6.45) is 3.27. The summed E-state index contributed by atoms with van der Waals surface area (Å²) >= 11 is 0. The zero-order valence-corrected chi connectivity index (χ0v) is 17.2. The van der Waals surface area contributed by atoms with Crippen molar-refractivity contribution >= 4 is 17.5 Å². The number of amides is 2. The molecule has 1 saturated heterocycles. The highest BCUT2D eigenvalue weighted by Gasteiger charge is 2.34. The highest BCUT2D eigenvalue weighted by Crippen LogP contribution is 2.24. The van der Waals surface area contributed by atoms with Gasteiger partial charge in [-0.15, -0.1) is 0 Å². The zero-order valence-electron chi connectivity index (χ0n) is 17.2. The van der Waals surface area contributed by atoms with Gasteiger partial charge in [0.2, 0.25) is 11.8 Å². The molecule has 0 radical (unpaired) electrons. The second-order valence-electron chi connectivity index (χ2n) is 7.39. The highest BCUT2D eigenvalue weighted by atomic mass is 16.5. The van der Waals surface area contributed by atoms with Gasteiger partial charge in [-0.1, -0.05) is 6.92 Å². The quantitative estimate of drug-likeness (QED) is 0.795. The lowest BCUT2D eigenvalue weighted by Crippen LogP contribution is -2.55. The summed E-state index contributed by atoms with van der Waals surface area (Å²) < 4.78 is 5.13. The number of carbonyl (C=O) groups excluding carboxylic acids is 2. The summed E-state index contributed by atoms with van der Waals surface area (Å²) in [7, 11) is 1.61. The minimum Gasteiger partial charge on any atom is -0.497 e. The molecule has 3 atom stereocenters. The van der Waals surface area contributed by atoms with Crippen molar-refractivity contribution in [1.29, 1.82) is 0 Å². The molecule has 1 heterocycles. The topological polar surface area (TPSA) is 61.9 Å². The average molecular weight is 376 g/mol. The summed E-state index contributed by atoms with van der Waals surface area (Å²) in [4.78, 5) is 29.5. The summed E-state index contributed by atoms with van der Waals surface area (Å²) in [5.74, 6) is 0.738. The first-order chi connectivity index (χ1) is 12.9. The summed E-state index contributed by atoms with van der Waals surface area (Å²) in [5, 5.41) is 2.89. The third-order valence-electron chi connectivity index (χ3n) is 5.48. The number of likely N-dealkylation sites (tertiary alicyclic amines) is 1. The molecule has 0 unspecified atom stereocenters. The standard InChI is InChI=1S/C21H33N3O3/c1-6-23(14-20(25)22-18-10-12-19(27-5)13-11-18)17(4)21(26)24-15(2)8-7-9-16(24)3/h10-13,15-17H,6-9,14H2,1-5H3,(H,22,25)/t15-,16+,17-/m1/s1. The molecule has 0 aromatic heterocycles. The molecule has 6 nitrogen and oxygen atoms in total. The van der Waals surface area contributed by atoms with Crippen LogP contribution in [0.4, 0.5) is 5.69 Å². The van der Waals surface area contributed by atoms with Crippen LogP contribution >= 0.6 is 0 Å². The lowest BCUT2D eigenvalue weighted by molar-refractivity contribution is -0.143. The van der Waals surface area contributed by atoms with E-state index < -0.39 is 0 Å². The van der Waals surface area contributed by atoms with Gasteiger partial charge in [0.25, 0.3) is 0 Å². The van der Waals surface area contributed by atoms with E-state index in [4.69, 9.17) is 4.74 Å². The number of hydrogen-bond acceptors (Lipinski definition) is 4. The van der Waals surface area contributed by atoms with Gasteiger partial charge < -0.3 is 15.0 Å². The van der Waals surface area contributed by atoms with Crippen LogP contribution in [0.15, 0.2) is 24.3 Å². The first-order valence-corrected chi connectivity index (χ1v) is 9.87. The van der Waals surface area contributed by atoms with Crippen LogP contribution in [-0.2, 0) is 9.59 Å².